The summed E-state index contributed by atoms with van der Waals surface area (Å²) in [6.45, 7) is 2.06. The first kappa shape index (κ1) is 13.0. The molecule has 0 spiro atoms. The van der Waals surface area contributed by atoms with Crippen LogP contribution < -0.4 is 5.32 Å². The number of carbonyl (C=O) groups is 1. The minimum atomic E-state index is -0.0318. The Hall–Kier alpha value is -0.480. The Labute approximate surface area is 116 Å². The Morgan fingerprint density at radius 1 is 1.59 bits per heavy atom. The molecule has 1 amide bonds. The SMILES string of the molecule is CC(CC1CC1)NC(=O)c1ccc(Br)cc1S. The van der Waals surface area contributed by atoms with Crippen LogP contribution in [0.2, 0.25) is 0 Å². The van der Waals surface area contributed by atoms with Crippen molar-refractivity contribution < 1.29 is 4.79 Å². The molecule has 1 unspecified atom stereocenters. The van der Waals surface area contributed by atoms with Crippen molar-refractivity contribution in [3.63, 3.8) is 0 Å². The minimum absolute atomic E-state index is 0.0318. The van der Waals surface area contributed by atoms with E-state index >= 15 is 0 Å². The molecule has 1 saturated carbocycles. The Morgan fingerprint density at radius 3 is 2.88 bits per heavy atom. The lowest BCUT2D eigenvalue weighted by Gasteiger charge is -2.14. The monoisotopic (exact) mass is 313 g/mol. The first-order valence-electron chi connectivity index (χ1n) is 5.85. The van der Waals surface area contributed by atoms with Gasteiger partial charge in [0.05, 0.1) is 5.56 Å². The van der Waals surface area contributed by atoms with E-state index in [1.807, 2.05) is 12.1 Å². The summed E-state index contributed by atoms with van der Waals surface area (Å²) in [5.74, 6) is 0.793. The van der Waals surface area contributed by atoms with Crippen LogP contribution in [0.4, 0.5) is 0 Å². The zero-order valence-corrected chi connectivity index (χ0v) is 12.2. The number of hydrogen-bond donors (Lipinski definition) is 2. The van der Waals surface area contributed by atoms with Crippen molar-refractivity contribution in [2.75, 3.05) is 0 Å². The van der Waals surface area contributed by atoms with Gasteiger partial charge in [-0.1, -0.05) is 28.8 Å². The van der Waals surface area contributed by atoms with Crippen LogP contribution in [0.3, 0.4) is 0 Å². The topological polar surface area (TPSA) is 29.1 Å². The summed E-state index contributed by atoms with van der Waals surface area (Å²) in [5.41, 5.74) is 0.638. The maximum atomic E-state index is 12.0. The summed E-state index contributed by atoms with van der Waals surface area (Å²) in [7, 11) is 0. The highest BCUT2D eigenvalue weighted by atomic mass is 79.9. The molecule has 1 fully saturated rings. The molecule has 0 saturated heterocycles. The molecule has 1 aliphatic carbocycles. The fourth-order valence-corrected chi connectivity index (χ4v) is 2.76. The van der Waals surface area contributed by atoms with Gasteiger partial charge in [0.2, 0.25) is 0 Å². The first-order valence-corrected chi connectivity index (χ1v) is 7.09. The smallest absolute Gasteiger partial charge is 0.252 e. The van der Waals surface area contributed by atoms with Crippen molar-refractivity contribution in [2.45, 2.75) is 37.1 Å². The molecule has 0 radical (unpaired) electrons. The van der Waals surface area contributed by atoms with Crippen molar-refractivity contribution in [2.24, 2.45) is 5.92 Å². The van der Waals surface area contributed by atoms with Crippen LogP contribution in [-0.2, 0) is 0 Å². The standard InChI is InChI=1S/C13H16BrNOS/c1-8(6-9-2-3-9)15-13(16)11-5-4-10(14)7-12(11)17/h4-5,7-9,17H,2-3,6H2,1H3,(H,15,16). The molecule has 4 heteroatoms. The fourth-order valence-electron chi connectivity index (χ4n) is 1.91. The number of benzene rings is 1. The fraction of sp³-hybridized carbons (Fsp3) is 0.462. The van der Waals surface area contributed by atoms with E-state index in [1.165, 1.54) is 12.8 Å². The van der Waals surface area contributed by atoms with Crippen molar-refractivity contribution >= 4 is 34.5 Å². The molecule has 0 aliphatic heterocycles. The molecule has 1 aliphatic rings. The van der Waals surface area contributed by atoms with Gasteiger partial charge in [-0.25, -0.2) is 0 Å². The molecule has 1 aromatic carbocycles. The normalized spacial score (nSPS) is 16.6. The third-order valence-electron chi connectivity index (χ3n) is 2.97. The van der Waals surface area contributed by atoms with Gasteiger partial charge in [0.25, 0.3) is 5.91 Å². The third-order valence-corrected chi connectivity index (χ3v) is 3.83. The lowest BCUT2D eigenvalue weighted by Crippen LogP contribution is -2.33. The van der Waals surface area contributed by atoms with E-state index in [9.17, 15) is 4.79 Å². The van der Waals surface area contributed by atoms with Crippen LogP contribution in [0.1, 0.15) is 36.5 Å². The quantitative estimate of drug-likeness (QED) is 0.816. The van der Waals surface area contributed by atoms with E-state index in [0.717, 1.165) is 16.8 Å². The maximum Gasteiger partial charge on any atom is 0.252 e. The van der Waals surface area contributed by atoms with Gasteiger partial charge in [0.1, 0.15) is 0 Å². The lowest BCUT2D eigenvalue weighted by molar-refractivity contribution is 0.0934. The second-order valence-electron chi connectivity index (χ2n) is 4.72. The average Bonchev–Trinajstić information content (AvgIpc) is 3.00. The third kappa shape index (κ3) is 3.75. The number of carbonyl (C=O) groups excluding carboxylic acids is 1. The van der Waals surface area contributed by atoms with E-state index < -0.39 is 0 Å². The highest BCUT2D eigenvalue weighted by Gasteiger charge is 2.24. The van der Waals surface area contributed by atoms with Gasteiger partial charge in [-0.2, -0.15) is 0 Å². The van der Waals surface area contributed by atoms with Gasteiger partial charge < -0.3 is 5.32 Å². The maximum absolute atomic E-state index is 12.0. The van der Waals surface area contributed by atoms with Crippen molar-refractivity contribution in [1.82, 2.24) is 5.32 Å². The highest BCUT2D eigenvalue weighted by molar-refractivity contribution is 9.10. The second kappa shape index (κ2) is 5.44. The van der Waals surface area contributed by atoms with Crippen LogP contribution in [0, 0.1) is 5.92 Å². The molecule has 0 aromatic heterocycles. The van der Waals surface area contributed by atoms with Crippen LogP contribution in [0.5, 0.6) is 0 Å². The molecule has 1 aromatic rings. The number of hydrogen-bond acceptors (Lipinski definition) is 2. The first-order chi connectivity index (χ1) is 8.06. The molecule has 0 heterocycles. The number of amides is 1. The minimum Gasteiger partial charge on any atom is -0.350 e. The molecule has 2 nitrogen and oxygen atoms in total. The van der Waals surface area contributed by atoms with Crippen LogP contribution in [0.25, 0.3) is 0 Å². The zero-order chi connectivity index (χ0) is 12.4. The van der Waals surface area contributed by atoms with E-state index in [4.69, 9.17) is 0 Å². The summed E-state index contributed by atoms with van der Waals surface area (Å²) >= 11 is 7.68. The van der Waals surface area contributed by atoms with Gasteiger partial charge in [-0.15, -0.1) is 12.6 Å². The predicted octanol–water partition coefficient (Wildman–Crippen LogP) is 3.66. The number of thiol groups is 1. The van der Waals surface area contributed by atoms with Crippen molar-refractivity contribution in [3.05, 3.63) is 28.2 Å². The van der Waals surface area contributed by atoms with Crippen LogP contribution in [-0.4, -0.2) is 11.9 Å². The van der Waals surface area contributed by atoms with Gasteiger partial charge in [0.15, 0.2) is 0 Å². The van der Waals surface area contributed by atoms with Gasteiger partial charge in [0, 0.05) is 15.4 Å². The van der Waals surface area contributed by atoms with E-state index in [2.05, 4.69) is 40.8 Å². The summed E-state index contributed by atoms with van der Waals surface area (Å²) in [5, 5.41) is 3.02. The van der Waals surface area contributed by atoms with E-state index in [-0.39, 0.29) is 11.9 Å². The Bertz CT molecular complexity index is 431. The van der Waals surface area contributed by atoms with Gasteiger partial charge in [-0.3, -0.25) is 4.79 Å². The van der Waals surface area contributed by atoms with E-state index in [0.29, 0.717) is 10.5 Å². The predicted molar refractivity (Wildman–Crippen MR) is 75.7 cm³/mol. The average molecular weight is 314 g/mol. The Kier molecular flexibility index (Phi) is 4.15. The molecule has 17 heavy (non-hydrogen) atoms. The van der Waals surface area contributed by atoms with Crippen LogP contribution >= 0.6 is 28.6 Å². The molecule has 2 rings (SSSR count). The Morgan fingerprint density at radius 2 is 2.29 bits per heavy atom. The number of nitrogens with one attached hydrogen (secondary N) is 1. The summed E-state index contributed by atoms with van der Waals surface area (Å²) in [4.78, 5) is 12.7. The van der Waals surface area contributed by atoms with Crippen molar-refractivity contribution in [3.8, 4) is 0 Å². The summed E-state index contributed by atoms with van der Waals surface area (Å²) < 4.78 is 0.935. The summed E-state index contributed by atoms with van der Waals surface area (Å²) in [6.07, 6.45) is 3.72. The van der Waals surface area contributed by atoms with E-state index in [1.54, 1.807) is 6.07 Å². The molecule has 0 bridgehead atoms. The summed E-state index contributed by atoms with van der Waals surface area (Å²) in [6, 6.07) is 5.74. The molecular formula is C13H16BrNOS. The van der Waals surface area contributed by atoms with Crippen molar-refractivity contribution in [1.29, 1.82) is 0 Å². The second-order valence-corrected chi connectivity index (χ2v) is 6.11. The van der Waals surface area contributed by atoms with Gasteiger partial charge in [-0.05, 0) is 37.5 Å². The van der Waals surface area contributed by atoms with Gasteiger partial charge >= 0.3 is 0 Å². The largest absolute Gasteiger partial charge is 0.350 e. The van der Waals surface area contributed by atoms with Crippen LogP contribution in [0.15, 0.2) is 27.6 Å². The molecule has 92 valence electrons. The molecule has 1 atom stereocenters. The number of halogens is 1. The molecule has 1 N–H and O–H groups in total. The number of rotatable bonds is 4. The molecular weight excluding hydrogens is 298 g/mol. The lowest BCUT2D eigenvalue weighted by atomic mass is 10.1. The highest BCUT2D eigenvalue weighted by Crippen LogP contribution is 2.33. The Balaban J connectivity index is 1.98. The zero-order valence-electron chi connectivity index (χ0n) is 9.74.